The topological polar surface area (TPSA) is 83.6 Å². The second kappa shape index (κ2) is 4.72. The predicted octanol–water partition coefficient (Wildman–Crippen LogP) is -0.165. The van der Waals surface area contributed by atoms with Crippen LogP contribution in [-0.2, 0) is 19.4 Å². The monoisotopic (exact) mass is 300 g/mol. The van der Waals surface area contributed by atoms with Crippen LogP contribution in [0.1, 0.15) is 38.5 Å². The van der Waals surface area contributed by atoms with Gasteiger partial charge >= 0.3 is 0 Å². The van der Waals surface area contributed by atoms with Crippen molar-refractivity contribution in [3.63, 3.8) is 0 Å². The van der Waals surface area contributed by atoms with Crippen molar-refractivity contribution < 1.29 is 18.0 Å². The Hall–Kier alpha value is -1.11. The van der Waals surface area contributed by atoms with Crippen LogP contribution in [0.15, 0.2) is 0 Å². The molecule has 2 aliphatic heterocycles. The lowest BCUT2D eigenvalue weighted by atomic mass is 9.79. The van der Waals surface area contributed by atoms with Crippen molar-refractivity contribution in [3.05, 3.63) is 0 Å². The van der Waals surface area contributed by atoms with E-state index in [1.165, 1.54) is 4.90 Å². The summed E-state index contributed by atoms with van der Waals surface area (Å²) in [7, 11) is -3.05. The van der Waals surface area contributed by atoms with Gasteiger partial charge in [0.15, 0.2) is 9.84 Å². The lowest BCUT2D eigenvalue weighted by Crippen LogP contribution is -2.68. The van der Waals surface area contributed by atoms with Crippen molar-refractivity contribution in [2.75, 3.05) is 18.1 Å². The van der Waals surface area contributed by atoms with Crippen LogP contribution in [0.4, 0.5) is 0 Å². The van der Waals surface area contributed by atoms with Crippen LogP contribution in [0.3, 0.4) is 0 Å². The van der Waals surface area contributed by atoms with Gasteiger partial charge in [-0.1, -0.05) is 19.3 Å². The average Bonchev–Trinajstić information content (AvgIpc) is 2.75. The van der Waals surface area contributed by atoms with Crippen LogP contribution in [-0.4, -0.2) is 54.8 Å². The summed E-state index contributed by atoms with van der Waals surface area (Å²) in [4.78, 5) is 26.2. The maximum absolute atomic E-state index is 12.8. The molecule has 1 unspecified atom stereocenters. The minimum atomic E-state index is -3.05. The fourth-order valence-electron chi connectivity index (χ4n) is 3.67. The van der Waals surface area contributed by atoms with Gasteiger partial charge in [0.05, 0.1) is 18.1 Å². The first-order valence-electron chi connectivity index (χ1n) is 7.24. The first-order chi connectivity index (χ1) is 9.42. The molecule has 2 amide bonds. The number of nitrogens with zero attached hydrogens (tertiary/aromatic N) is 1. The van der Waals surface area contributed by atoms with E-state index in [1.807, 2.05) is 0 Å². The maximum atomic E-state index is 12.8. The average molecular weight is 300 g/mol. The first kappa shape index (κ1) is 13.9. The number of hydrogen-bond acceptors (Lipinski definition) is 4. The van der Waals surface area contributed by atoms with E-state index < -0.39 is 15.4 Å². The molecule has 0 aromatic heterocycles. The van der Waals surface area contributed by atoms with Crippen LogP contribution in [0.25, 0.3) is 0 Å². The van der Waals surface area contributed by atoms with Gasteiger partial charge in [0, 0.05) is 6.04 Å². The predicted molar refractivity (Wildman–Crippen MR) is 72.7 cm³/mol. The Bertz CT molecular complexity index is 537. The van der Waals surface area contributed by atoms with Crippen LogP contribution in [0.5, 0.6) is 0 Å². The molecule has 3 fully saturated rings. The summed E-state index contributed by atoms with van der Waals surface area (Å²) < 4.78 is 23.2. The Balaban J connectivity index is 1.84. The molecule has 3 rings (SSSR count). The quantitative estimate of drug-likeness (QED) is 0.729. The summed E-state index contributed by atoms with van der Waals surface area (Å²) in [5, 5.41) is 2.88. The zero-order chi connectivity index (χ0) is 14.4. The fraction of sp³-hybridized carbons (Fsp3) is 0.846. The minimum absolute atomic E-state index is 0.000764. The highest BCUT2D eigenvalue weighted by atomic mass is 32.2. The van der Waals surface area contributed by atoms with Gasteiger partial charge in [-0.15, -0.1) is 0 Å². The summed E-state index contributed by atoms with van der Waals surface area (Å²) in [6, 6.07) is -0.322. The molecule has 0 bridgehead atoms. The third-order valence-corrected chi connectivity index (χ3v) is 6.47. The van der Waals surface area contributed by atoms with Gasteiger partial charge in [-0.25, -0.2) is 8.42 Å². The van der Waals surface area contributed by atoms with E-state index in [0.29, 0.717) is 19.3 Å². The van der Waals surface area contributed by atoms with Crippen molar-refractivity contribution in [2.24, 2.45) is 0 Å². The minimum Gasteiger partial charge on any atom is -0.340 e. The molecule has 0 aromatic carbocycles. The molecular weight excluding hydrogens is 280 g/mol. The van der Waals surface area contributed by atoms with Gasteiger partial charge in [-0.2, -0.15) is 0 Å². The normalized spacial score (nSPS) is 32.4. The second-order valence-corrected chi connectivity index (χ2v) is 8.41. The van der Waals surface area contributed by atoms with E-state index in [2.05, 4.69) is 5.32 Å². The van der Waals surface area contributed by atoms with E-state index in [0.717, 1.165) is 19.3 Å². The number of amides is 2. The maximum Gasteiger partial charge on any atom is 0.249 e. The molecule has 6 nitrogen and oxygen atoms in total. The van der Waals surface area contributed by atoms with Crippen LogP contribution < -0.4 is 5.32 Å². The molecule has 2 heterocycles. The van der Waals surface area contributed by atoms with E-state index in [1.54, 1.807) is 0 Å². The lowest BCUT2D eigenvalue weighted by molar-refractivity contribution is -0.153. The molecule has 20 heavy (non-hydrogen) atoms. The molecule has 1 atom stereocenters. The lowest BCUT2D eigenvalue weighted by Gasteiger charge is -2.45. The number of nitrogens with one attached hydrogen (secondary N) is 1. The molecular formula is C13H20N2O4S. The number of rotatable bonds is 1. The number of sulfone groups is 1. The van der Waals surface area contributed by atoms with E-state index >= 15 is 0 Å². The molecule has 2 saturated heterocycles. The van der Waals surface area contributed by atoms with Crippen molar-refractivity contribution >= 4 is 21.7 Å². The SMILES string of the molecule is O=C1CN(C2CCS(=O)(=O)C2)C(=O)C2(CCCCC2)N1. The van der Waals surface area contributed by atoms with Crippen LogP contribution in [0, 0.1) is 0 Å². The molecule has 0 aromatic rings. The largest absolute Gasteiger partial charge is 0.340 e. The number of piperazine rings is 1. The van der Waals surface area contributed by atoms with Crippen molar-refractivity contribution in [2.45, 2.75) is 50.1 Å². The smallest absolute Gasteiger partial charge is 0.249 e. The summed E-state index contributed by atoms with van der Waals surface area (Å²) in [6.45, 7) is 0.000764. The molecule has 1 saturated carbocycles. The molecule has 0 radical (unpaired) electrons. The summed E-state index contributed by atoms with van der Waals surface area (Å²) in [6.07, 6.45) is 4.76. The third-order valence-electron chi connectivity index (χ3n) is 4.72. The Labute approximate surface area is 118 Å². The Morgan fingerprint density at radius 3 is 2.45 bits per heavy atom. The number of hydrogen-bond donors (Lipinski definition) is 1. The van der Waals surface area contributed by atoms with Gasteiger partial charge in [-0.3, -0.25) is 9.59 Å². The third kappa shape index (κ3) is 2.32. The summed E-state index contributed by atoms with van der Waals surface area (Å²) in [5.74, 6) is -0.104. The van der Waals surface area contributed by atoms with E-state index in [9.17, 15) is 18.0 Å². The number of carbonyl (C=O) groups excluding carboxylic acids is 2. The molecule has 7 heteroatoms. The van der Waals surface area contributed by atoms with Gasteiger partial charge in [0.25, 0.3) is 0 Å². The van der Waals surface area contributed by atoms with Crippen molar-refractivity contribution in [3.8, 4) is 0 Å². The van der Waals surface area contributed by atoms with E-state index in [4.69, 9.17) is 0 Å². The highest BCUT2D eigenvalue weighted by Gasteiger charge is 2.50. The van der Waals surface area contributed by atoms with Gasteiger partial charge in [-0.05, 0) is 19.3 Å². The van der Waals surface area contributed by atoms with Crippen LogP contribution >= 0.6 is 0 Å². The fourth-order valence-corrected chi connectivity index (χ4v) is 5.40. The standard InChI is InChI=1S/C13H20N2O4S/c16-11-8-15(10-4-7-20(18,19)9-10)12(17)13(14-11)5-2-1-3-6-13/h10H,1-9H2,(H,14,16). The molecule has 3 aliphatic rings. The highest BCUT2D eigenvalue weighted by molar-refractivity contribution is 7.91. The Kier molecular flexibility index (Phi) is 3.27. The van der Waals surface area contributed by atoms with Crippen molar-refractivity contribution in [1.82, 2.24) is 10.2 Å². The Morgan fingerprint density at radius 2 is 1.85 bits per heavy atom. The van der Waals surface area contributed by atoms with Gasteiger partial charge in [0.2, 0.25) is 11.8 Å². The second-order valence-electron chi connectivity index (χ2n) is 6.18. The molecule has 1 aliphatic carbocycles. The van der Waals surface area contributed by atoms with Gasteiger partial charge < -0.3 is 10.2 Å². The van der Waals surface area contributed by atoms with Crippen LogP contribution in [0.2, 0.25) is 0 Å². The summed E-state index contributed by atoms with van der Waals surface area (Å²) >= 11 is 0. The number of carbonyl (C=O) groups is 2. The highest BCUT2D eigenvalue weighted by Crippen LogP contribution is 2.33. The van der Waals surface area contributed by atoms with E-state index in [-0.39, 0.29) is 35.9 Å². The molecule has 112 valence electrons. The molecule has 1 spiro atoms. The van der Waals surface area contributed by atoms with Crippen molar-refractivity contribution in [1.29, 1.82) is 0 Å². The first-order valence-corrected chi connectivity index (χ1v) is 9.07. The zero-order valence-corrected chi connectivity index (χ0v) is 12.2. The molecule has 1 N–H and O–H groups in total. The zero-order valence-electron chi connectivity index (χ0n) is 11.4. The summed E-state index contributed by atoms with van der Waals surface area (Å²) in [5.41, 5.74) is -0.764. The van der Waals surface area contributed by atoms with Gasteiger partial charge in [0.1, 0.15) is 5.54 Å². The Morgan fingerprint density at radius 1 is 1.15 bits per heavy atom.